The van der Waals surface area contributed by atoms with Gasteiger partial charge in [0.05, 0.1) is 23.3 Å². The van der Waals surface area contributed by atoms with Crippen molar-refractivity contribution in [1.82, 2.24) is 5.32 Å². The second kappa shape index (κ2) is 7.87. The second-order valence-electron chi connectivity index (χ2n) is 7.41. The average Bonchev–Trinajstić information content (AvgIpc) is 3.02. The van der Waals surface area contributed by atoms with Crippen molar-refractivity contribution < 1.29 is 17.9 Å². The average molecular weight is 368 g/mol. The van der Waals surface area contributed by atoms with Crippen LogP contribution in [0.15, 0.2) is 24.3 Å². The van der Waals surface area contributed by atoms with E-state index in [4.69, 9.17) is 4.74 Å². The van der Waals surface area contributed by atoms with Crippen molar-refractivity contribution in [3.8, 4) is 0 Å². The molecule has 1 saturated heterocycles. The number of aryl methyl sites for hydroxylation is 1. The van der Waals surface area contributed by atoms with Crippen LogP contribution in [-0.4, -0.2) is 38.5 Å². The van der Waals surface area contributed by atoms with Crippen molar-refractivity contribution in [3.63, 3.8) is 0 Å². The lowest BCUT2D eigenvalue weighted by molar-refractivity contribution is -0.128. The van der Waals surface area contributed by atoms with Gasteiger partial charge in [-0.1, -0.05) is 43.7 Å². The lowest BCUT2D eigenvalue weighted by Crippen LogP contribution is -2.43. The Morgan fingerprint density at radius 2 is 1.80 bits per heavy atom. The molecule has 0 bridgehead atoms. The fourth-order valence-corrected chi connectivity index (χ4v) is 4.02. The first-order valence-electron chi connectivity index (χ1n) is 8.78. The molecular formula is C19H29NO4S. The van der Waals surface area contributed by atoms with Crippen molar-refractivity contribution in [2.24, 2.45) is 11.8 Å². The lowest BCUT2D eigenvalue weighted by Gasteiger charge is -2.28. The topological polar surface area (TPSA) is 72.5 Å². The maximum atomic E-state index is 12.9. The van der Waals surface area contributed by atoms with Crippen LogP contribution in [0.25, 0.3) is 0 Å². The molecule has 25 heavy (non-hydrogen) atoms. The first-order chi connectivity index (χ1) is 11.6. The maximum absolute atomic E-state index is 12.9. The Kier molecular flexibility index (Phi) is 6.27. The number of amides is 1. The molecule has 0 radical (unpaired) electrons. The molecule has 1 amide bonds. The Hall–Kier alpha value is -1.40. The molecule has 1 aromatic rings. The van der Waals surface area contributed by atoms with Crippen LogP contribution in [0.1, 0.15) is 44.4 Å². The zero-order valence-electron chi connectivity index (χ0n) is 15.7. The summed E-state index contributed by atoms with van der Waals surface area (Å²) in [5.74, 6) is -0.125. The van der Waals surface area contributed by atoms with Crippen molar-refractivity contribution >= 4 is 15.7 Å². The molecular weight excluding hydrogens is 338 g/mol. The number of hydrogen-bond donors (Lipinski definition) is 1. The molecule has 1 aliphatic heterocycles. The molecule has 2 rings (SSSR count). The van der Waals surface area contributed by atoms with Gasteiger partial charge in [-0.05, 0) is 31.7 Å². The van der Waals surface area contributed by atoms with Gasteiger partial charge in [-0.3, -0.25) is 4.79 Å². The fraction of sp³-hybridized carbons (Fsp3) is 0.632. The number of hydrogen-bond acceptors (Lipinski definition) is 4. The van der Waals surface area contributed by atoms with E-state index in [0.717, 1.165) is 11.1 Å². The second-order valence-corrected chi connectivity index (χ2v) is 9.81. The fourth-order valence-electron chi connectivity index (χ4n) is 3.30. The lowest BCUT2D eigenvalue weighted by atomic mass is 9.91. The van der Waals surface area contributed by atoms with Gasteiger partial charge < -0.3 is 10.1 Å². The summed E-state index contributed by atoms with van der Waals surface area (Å²) in [7, 11) is -3.31. The van der Waals surface area contributed by atoms with E-state index in [0.29, 0.717) is 13.0 Å². The minimum absolute atomic E-state index is 0.118. The quantitative estimate of drug-likeness (QED) is 0.839. The molecule has 6 heteroatoms. The van der Waals surface area contributed by atoms with Crippen molar-refractivity contribution in [3.05, 3.63) is 35.4 Å². The molecule has 1 heterocycles. The van der Waals surface area contributed by atoms with Crippen LogP contribution in [0.3, 0.4) is 0 Å². The minimum Gasteiger partial charge on any atom is -0.377 e. The monoisotopic (exact) mass is 367 g/mol. The Balaban J connectivity index is 2.27. The highest BCUT2D eigenvalue weighted by Crippen LogP contribution is 2.29. The van der Waals surface area contributed by atoms with Crippen LogP contribution >= 0.6 is 0 Å². The Morgan fingerprint density at radius 1 is 1.20 bits per heavy atom. The molecule has 0 aromatic heterocycles. The van der Waals surface area contributed by atoms with Crippen molar-refractivity contribution in [2.75, 3.05) is 12.9 Å². The Bertz CT molecular complexity index is 697. The van der Waals surface area contributed by atoms with Crippen LogP contribution < -0.4 is 5.32 Å². The summed E-state index contributed by atoms with van der Waals surface area (Å²) >= 11 is 0. The van der Waals surface area contributed by atoms with Gasteiger partial charge in [0, 0.05) is 12.9 Å². The highest BCUT2D eigenvalue weighted by atomic mass is 32.2. The molecule has 1 N–H and O–H groups in total. The van der Waals surface area contributed by atoms with Crippen LogP contribution in [0, 0.1) is 18.8 Å². The highest BCUT2D eigenvalue weighted by Gasteiger charge is 2.38. The molecule has 4 atom stereocenters. The zero-order chi connectivity index (χ0) is 18.8. The van der Waals surface area contributed by atoms with E-state index in [-0.39, 0.29) is 23.8 Å². The number of nitrogens with one attached hydrogen (secondary N) is 1. The Morgan fingerprint density at radius 3 is 2.32 bits per heavy atom. The first kappa shape index (κ1) is 19.9. The molecule has 1 aliphatic rings. The normalized spacial score (nSPS) is 23.4. The third kappa shape index (κ3) is 4.82. The van der Waals surface area contributed by atoms with E-state index in [1.165, 1.54) is 6.26 Å². The molecule has 0 saturated carbocycles. The van der Waals surface area contributed by atoms with Crippen LogP contribution in [0.5, 0.6) is 0 Å². The van der Waals surface area contributed by atoms with Crippen LogP contribution in [0.4, 0.5) is 0 Å². The van der Waals surface area contributed by atoms with Crippen molar-refractivity contribution in [2.45, 2.75) is 51.5 Å². The van der Waals surface area contributed by atoms with Gasteiger partial charge in [-0.2, -0.15) is 0 Å². The molecule has 0 spiro atoms. The van der Waals surface area contributed by atoms with Gasteiger partial charge in [0.1, 0.15) is 0 Å². The predicted octanol–water partition coefficient (Wildman–Crippen LogP) is 2.65. The first-order valence-corrected chi connectivity index (χ1v) is 10.7. The van der Waals surface area contributed by atoms with E-state index in [2.05, 4.69) is 5.32 Å². The van der Waals surface area contributed by atoms with E-state index >= 15 is 0 Å². The molecule has 5 nitrogen and oxygen atoms in total. The molecule has 0 aliphatic carbocycles. The number of sulfone groups is 1. The van der Waals surface area contributed by atoms with E-state index in [1.807, 2.05) is 45.0 Å². The number of benzene rings is 1. The predicted molar refractivity (Wildman–Crippen MR) is 99.1 cm³/mol. The van der Waals surface area contributed by atoms with Gasteiger partial charge in [0.2, 0.25) is 5.91 Å². The van der Waals surface area contributed by atoms with Crippen LogP contribution in [0.2, 0.25) is 0 Å². The molecule has 4 unspecified atom stereocenters. The summed E-state index contributed by atoms with van der Waals surface area (Å²) in [6.45, 7) is 8.25. The van der Waals surface area contributed by atoms with Gasteiger partial charge in [0.15, 0.2) is 9.84 Å². The Labute approximate surface area is 151 Å². The smallest absolute Gasteiger partial charge is 0.226 e. The molecule has 1 fully saturated rings. The van der Waals surface area contributed by atoms with E-state index in [1.54, 1.807) is 6.92 Å². The van der Waals surface area contributed by atoms with Gasteiger partial charge in [-0.15, -0.1) is 0 Å². The minimum atomic E-state index is -3.31. The SMILES string of the molecule is Cc1ccc(C(NC(=O)C2CCOC2C(C)C)C(C)S(C)(=O)=O)cc1. The standard InChI is InChI=1S/C19H29NO4S/c1-12(2)18-16(10-11-24-18)19(21)20-17(14(4)25(5,22)23)15-8-6-13(3)7-9-15/h6-9,12,14,16-18H,10-11H2,1-5H3,(H,20,21). The summed E-state index contributed by atoms with van der Waals surface area (Å²) in [5.41, 5.74) is 1.89. The zero-order valence-corrected chi connectivity index (χ0v) is 16.5. The number of rotatable bonds is 6. The van der Waals surface area contributed by atoms with Crippen molar-refractivity contribution in [1.29, 1.82) is 0 Å². The van der Waals surface area contributed by atoms with E-state index in [9.17, 15) is 13.2 Å². The summed E-state index contributed by atoms with van der Waals surface area (Å²) in [4.78, 5) is 12.9. The van der Waals surface area contributed by atoms with Gasteiger partial charge in [-0.25, -0.2) is 8.42 Å². The highest BCUT2D eigenvalue weighted by molar-refractivity contribution is 7.91. The molecule has 1 aromatic carbocycles. The summed E-state index contributed by atoms with van der Waals surface area (Å²) in [6, 6.07) is 7.05. The third-order valence-corrected chi connectivity index (χ3v) is 6.63. The third-order valence-electron chi connectivity index (χ3n) is 5.01. The summed E-state index contributed by atoms with van der Waals surface area (Å²) in [6.07, 6.45) is 1.76. The van der Waals surface area contributed by atoms with Gasteiger partial charge in [0.25, 0.3) is 0 Å². The number of carbonyl (C=O) groups excluding carboxylic acids is 1. The largest absolute Gasteiger partial charge is 0.377 e. The summed E-state index contributed by atoms with van der Waals surface area (Å²) in [5, 5.41) is 2.28. The number of ether oxygens (including phenoxy) is 1. The summed E-state index contributed by atoms with van der Waals surface area (Å²) < 4.78 is 29.9. The number of carbonyl (C=O) groups is 1. The molecule has 140 valence electrons. The van der Waals surface area contributed by atoms with Crippen LogP contribution in [-0.2, 0) is 19.4 Å². The van der Waals surface area contributed by atoms with Gasteiger partial charge >= 0.3 is 0 Å². The maximum Gasteiger partial charge on any atom is 0.226 e. The van der Waals surface area contributed by atoms with E-state index < -0.39 is 21.1 Å².